The van der Waals surface area contributed by atoms with Crippen molar-refractivity contribution in [2.45, 2.75) is 38.6 Å². The van der Waals surface area contributed by atoms with Gasteiger partial charge >= 0.3 is 0 Å². The highest BCUT2D eigenvalue weighted by Crippen LogP contribution is 2.45. The van der Waals surface area contributed by atoms with Crippen molar-refractivity contribution in [1.29, 1.82) is 0 Å². The highest BCUT2D eigenvalue weighted by molar-refractivity contribution is 5.63. The summed E-state index contributed by atoms with van der Waals surface area (Å²) in [6.07, 6.45) is 8.82. The first-order valence-electron chi connectivity index (χ1n) is 9.35. The Kier molecular flexibility index (Phi) is 4.88. The molecule has 4 heteroatoms. The van der Waals surface area contributed by atoms with Gasteiger partial charge in [-0.2, -0.15) is 0 Å². The van der Waals surface area contributed by atoms with Gasteiger partial charge < -0.3 is 9.84 Å². The number of halogens is 1. The van der Waals surface area contributed by atoms with Gasteiger partial charge in [-0.25, -0.2) is 4.39 Å². The van der Waals surface area contributed by atoms with Crippen LogP contribution in [0.5, 0.6) is 0 Å². The minimum atomic E-state index is -0.616. The lowest BCUT2D eigenvalue weighted by Crippen LogP contribution is -2.31. The van der Waals surface area contributed by atoms with Crippen LogP contribution in [0.15, 0.2) is 48.7 Å². The topological polar surface area (TPSA) is 42.4 Å². The van der Waals surface area contributed by atoms with E-state index in [-0.39, 0.29) is 17.8 Å². The molecule has 1 aliphatic carbocycles. The van der Waals surface area contributed by atoms with Gasteiger partial charge in [-0.3, -0.25) is 4.98 Å². The smallest absolute Gasteiger partial charge is 0.158 e. The maximum atomic E-state index is 13.4. The Morgan fingerprint density at radius 3 is 2.85 bits per heavy atom. The molecule has 1 aliphatic heterocycles. The molecule has 1 saturated heterocycles. The molecule has 4 rings (SSSR count). The zero-order chi connectivity index (χ0) is 18.1. The molecule has 1 unspecified atom stereocenters. The summed E-state index contributed by atoms with van der Waals surface area (Å²) >= 11 is 0. The van der Waals surface area contributed by atoms with Crippen molar-refractivity contribution in [2.24, 2.45) is 17.8 Å². The molecule has 1 saturated carbocycles. The average molecular weight is 353 g/mol. The molecule has 0 amide bonds. The Balaban J connectivity index is 1.48. The van der Waals surface area contributed by atoms with E-state index in [1.54, 1.807) is 12.3 Å². The van der Waals surface area contributed by atoms with Crippen LogP contribution in [0.2, 0.25) is 0 Å². The number of allylic oxidation sites excluding steroid dienone is 1. The quantitative estimate of drug-likeness (QED) is 0.872. The molecule has 1 aromatic heterocycles. The van der Waals surface area contributed by atoms with E-state index in [2.05, 4.69) is 24.1 Å². The molecule has 0 spiro atoms. The predicted octanol–water partition coefficient (Wildman–Crippen LogP) is 4.67. The minimum absolute atomic E-state index is 0.0910. The standard InChI is InChI=1S/C22H24FNO2/c1-14-21-15(4-3-7-20(21)22(25)26-14)8-10-19-11-9-17(13-24-19)16-5-2-6-18(23)12-16/h2,5-6,8-15,20-22,25H,3-4,7H2,1H3/b10-8+/t14-,15-,20-,21+,22?/m1/s1. The summed E-state index contributed by atoms with van der Waals surface area (Å²) in [7, 11) is 0. The summed E-state index contributed by atoms with van der Waals surface area (Å²) in [5.74, 6) is 0.789. The highest BCUT2D eigenvalue weighted by Gasteiger charge is 2.46. The molecule has 2 aromatic rings. The summed E-state index contributed by atoms with van der Waals surface area (Å²) < 4.78 is 19.0. The average Bonchev–Trinajstić information content (AvgIpc) is 2.95. The third-order valence-corrected chi connectivity index (χ3v) is 5.78. The molecule has 136 valence electrons. The summed E-state index contributed by atoms with van der Waals surface area (Å²) in [4.78, 5) is 4.50. The lowest BCUT2D eigenvalue weighted by atomic mass is 9.71. The lowest BCUT2D eigenvalue weighted by Gasteiger charge is -2.33. The number of rotatable bonds is 3. The molecule has 1 aromatic carbocycles. The van der Waals surface area contributed by atoms with Gasteiger partial charge in [-0.05, 0) is 61.4 Å². The number of hydrogen-bond acceptors (Lipinski definition) is 3. The molecule has 2 fully saturated rings. The lowest BCUT2D eigenvalue weighted by molar-refractivity contribution is -0.104. The molecule has 1 N–H and O–H groups in total. The van der Waals surface area contributed by atoms with Crippen LogP contribution in [0.4, 0.5) is 4.39 Å². The van der Waals surface area contributed by atoms with Crippen LogP contribution < -0.4 is 0 Å². The van der Waals surface area contributed by atoms with Crippen molar-refractivity contribution >= 4 is 6.08 Å². The van der Waals surface area contributed by atoms with Crippen LogP contribution in [-0.4, -0.2) is 22.5 Å². The van der Waals surface area contributed by atoms with Crippen LogP contribution in [0.3, 0.4) is 0 Å². The van der Waals surface area contributed by atoms with Gasteiger partial charge in [0.1, 0.15) is 5.82 Å². The number of nitrogens with zero attached hydrogens (tertiary/aromatic N) is 1. The van der Waals surface area contributed by atoms with E-state index in [1.165, 1.54) is 12.1 Å². The van der Waals surface area contributed by atoms with Crippen LogP contribution >= 0.6 is 0 Å². The van der Waals surface area contributed by atoms with Gasteiger partial charge in [0.05, 0.1) is 11.8 Å². The number of hydrogen-bond donors (Lipinski definition) is 1. The largest absolute Gasteiger partial charge is 0.368 e. The summed E-state index contributed by atoms with van der Waals surface area (Å²) in [5, 5.41) is 10.1. The number of aliphatic hydroxyl groups excluding tert-OH is 1. The zero-order valence-electron chi connectivity index (χ0n) is 14.9. The molecular weight excluding hydrogens is 329 g/mol. The van der Waals surface area contributed by atoms with Gasteiger partial charge in [-0.1, -0.05) is 30.7 Å². The summed E-state index contributed by atoms with van der Waals surface area (Å²) in [6.45, 7) is 2.06. The summed E-state index contributed by atoms with van der Waals surface area (Å²) in [6, 6.07) is 10.5. The Morgan fingerprint density at radius 2 is 2.08 bits per heavy atom. The normalized spacial score (nSPS) is 31.3. The van der Waals surface area contributed by atoms with Crippen molar-refractivity contribution in [3.05, 3.63) is 60.2 Å². The summed E-state index contributed by atoms with van der Waals surface area (Å²) in [5.41, 5.74) is 2.62. The first-order chi connectivity index (χ1) is 12.6. The number of aliphatic hydroxyl groups is 1. The van der Waals surface area contributed by atoms with E-state index in [0.29, 0.717) is 11.8 Å². The molecule has 5 atom stereocenters. The van der Waals surface area contributed by atoms with Gasteiger partial charge in [0.2, 0.25) is 0 Å². The number of benzene rings is 1. The first-order valence-corrected chi connectivity index (χ1v) is 9.35. The van der Waals surface area contributed by atoms with Crippen LogP contribution in [0.1, 0.15) is 31.9 Å². The fourth-order valence-electron chi connectivity index (χ4n) is 4.52. The van der Waals surface area contributed by atoms with Crippen LogP contribution in [0.25, 0.3) is 17.2 Å². The number of pyridine rings is 1. The maximum absolute atomic E-state index is 13.4. The van der Waals surface area contributed by atoms with Gasteiger partial charge in [0, 0.05) is 17.7 Å². The first kappa shape index (κ1) is 17.4. The van der Waals surface area contributed by atoms with Crippen molar-refractivity contribution in [2.75, 3.05) is 0 Å². The van der Waals surface area contributed by atoms with Crippen molar-refractivity contribution in [1.82, 2.24) is 4.98 Å². The number of fused-ring (bicyclic) bond motifs is 1. The van der Waals surface area contributed by atoms with Crippen molar-refractivity contribution < 1.29 is 14.2 Å². The zero-order valence-corrected chi connectivity index (χ0v) is 14.9. The second-order valence-electron chi connectivity index (χ2n) is 7.41. The molecule has 2 aliphatic rings. The molecule has 2 heterocycles. The third-order valence-electron chi connectivity index (χ3n) is 5.78. The van der Waals surface area contributed by atoms with Gasteiger partial charge in [0.25, 0.3) is 0 Å². The van der Waals surface area contributed by atoms with Gasteiger partial charge in [-0.15, -0.1) is 0 Å². The van der Waals surface area contributed by atoms with E-state index in [9.17, 15) is 9.50 Å². The van der Waals surface area contributed by atoms with E-state index in [4.69, 9.17) is 4.74 Å². The van der Waals surface area contributed by atoms with E-state index >= 15 is 0 Å². The van der Waals surface area contributed by atoms with Crippen molar-refractivity contribution in [3.63, 3.8) is 0 Å². The predicted molar refractivity (Wildman–Crippen MR) is 99.5 cm³/mol. The molecule has 26 heavy (non-hydrogen) atoms. The van der Waals surface area contributed by atoms with E-state index in [0.717, 1.165) is 36.1 Å². The van der Waals surface area contributed by atoms with E-state index in [1.807, 2.05) is 18.2 Å². The van der Waals surface area contributed by atoms with E-state index < -0.39 is 6.29 Å². The molecule has 0 radical (unpaired) electrons. The van der Waals surface area contributed by atoms with Crippen LogP contribution in [0, 0.1) is 23.6 Å². The SMILES string of the molecule is C[C@H]1OC(O)[C@@H]2CCC[C@H](/C=C/c3ccc(-c4cccc(F)c4)cn3)[C@H]12. The fraction of sp³-hybridized carbons (Fsp3) is 0.409. The molecular formula is C22H24FNO2. The number of aromatic nitrogens is 1. The Morgan fingerprint density at radius 1 is 1.19 bits per heavy atom. The third kappa shape index (κ3) is 3.44. The maximum Gasteiger partial charge on any atom is 0.158 e. The van der Waals surface area contributed by atoms with Gasteiger partial charge in [0.15, 0.2) is 6.29 Å². The Hall–Kier alpha value is -2.04. The van der Waals surface area contributed by atoms with Crippen LogP contribution in [-0.2, 0) is 4.74 Å². The molecule has 0 bridgehead atoms. The Labute approximate surface area is 153 Å². The van der Waals surface area contributed by atoms with Crippen molar-refractivity contribution in [3.8, 4) is 11.1 Å². The number of ether oxygens (including phenoxy) is 1. The monoisotopic (exact) mass is 353 g/mol. The second-order valence-corrected chi connectivity index (χ2v) is 7.41. The second kappa shape index (κ2) is 7.29. The molecule has 3 nitrogen and oxygen atoms in total. The fourth-order valence-corrected chi connectivity index (χ4v) is 4.52. The Bertz CT molecular complexity index is 789. The highest BCUT2D eigenvalue weighted by atomic mass is 19.1. The minimum Gasteiger partial charge on any atom is -0.368 e.